The monoisotopic (exact) mass is 519 g/mol. The molecule has 3 amide bonds. The number of benzene rings is 2. The minimum atomic E-state index is -0.394. The van der Waals surface area contributed by atoms with E-state index in [1.807, 2.05) is 72.8 Å². The van der Waals surface area contributed by atoms with Gasteiger partial charge in [-0.05, 0) is 42.5 Å². The molecule has 0 saturated carbocycles. The number of carbonyl (C=O) groups excluding carboxylic acids is 2. The summed E-state index contributed by atoms with van der Waals surface area (Å²) in [5, 5.41) is 8.38. The summed E-state index contributed by atoms with van der Waals surface area (Å²) in [6.07, 6.45) is 2.67. The van der Waals surface area contributed by atoms with Crippen LogP contribution in [0.15, 0.2) is 77.8 Å². The minimum Gasteiger partial charge on any atom is -0.376 e. The Morgan fingerprint density at radius 1 is 1.00 bits per heavy atom. The number of thiophene rings is 1. The maximum atomic E-state index is 13.2. The first-order valence-corrected chi connectivity index (χ1v) is 13.3. The molecule has 2 heterocycles. The largest absolute Gasteiger partial charge is 0.376 e. The quantitative estimate of drug-likeness (QED) is 0.241. The SMILES string of the molecule is NC(=NCc1ccc(CNC(=O)C(Cc2ccccc2)c2ccccc2)s1)NC(=O)NCC1CCCO1. The van der Waals surface area contributed by atoms with Crippen molar-refractivity contribution in [1.82, 2.24) is 16.0 Å². The topological polar surface area (TPSA) is 118 Å². The maximum absolute atomic E-state index is 13.2. The highest BCUT2D eigenvalue weighted by Crippen LogP contribution is 2.22. The molecular weight excluding hydrogens is 486 g/mol. The molecule has 3 aromatic rings. The molecule has 2 aromatic carbocycles. The molecule has 2 unspecified atom stereocenters. The van der Waals surface area contributed by atoms with E-state index in [1.54, 1.807) is 11.3 Å². The van der Waals surface area contributed by atoms with Gasteiger partial charge in [0.1, 0.15) is 0 Å². The summed E-state index contributed by atoms with van der Waals surface area (Å²) in [6, 6.07) is 23.5. The van der Waals surface area contributed by atoms with Crippen molar-refractivity contribution < 1.29 is 14.3 Å². The van der Waals surface area contributed by atoms with Crippen LogP contribution in [0.1, 0.15) is 39.6 Å². The number of nitrogens with zero attached hydrogens (tertiary/aromatic N) is 1. The highest BCUT2D eigenvalue weighted by molar-refractivity contribution is 7.11. The van der Waals surface area contributed by atoms with Gasteiger partial charge in [0, 0.05) is 22.9 Å². The standard InChI is InChI=1S/C28H33N5O3S/c29-27(33-28(35)32-17-22-12-7-15-36-22)31-19-24-14-13-23(37-24)18-30-26(34)25(21-10-5-2-6-11-21)16-20-8-3-1-4-9-20/h1-6,8-11,13-14,22,25H,7,12,15-19H2,(H,30,34)(H4,29,31,32,33,35). The van der Waals surface area contributed by atoms with Gasteiger partial charge in [0.2, 0.25) is 5.91 Å². The van der Waals surface area contributed by atoms with E-state index < -0.39 is 6.03 Å². The van der Waals surface area contributed by atoms with Crippen LogP contribution in [-0.2, 0) is 29.0 Å². The Morgan fingerprint density at radius 3 is 2.46 bits per heavy atom. The van der Waals surface area contributed by atoms with Crippen molar-refractivity contribution in [3.05, 3.63) is 93.7 Å². The molecule has 2 atom stereocenters. The van der Waals surface area contributed by atoms with Crippen LogP contribution in [0, 0.1) is 0 Å². The van der Waals surface area contributed by atoms with Crippen molar-refractivity contribution in [3.8, 4) is 0 Å². The van der Waals surface area contributed by atoms with Gasteiger partial charge in [0.25, 0.3) is 0 Å². The van der Waals surface area contributed by atoms with Gasteiger partial charge in [-0.15, -0.1) is 11.3 Å². The van der Waals surface area contributed by atoms with E-state index in [0.29, 0.717) is 26.1 Å². The molecule has 1 aromatic heterocycles. The van der Waals surface area contributed by atoms with Crippen LogP contribution in [0.5, 0.6) is 0 Å². The normalized spacial score (nSPS) is 16.2. The Hall–Kier alpha value is -3.69. The molecule has 1 fully saturated rings. The van der Waals surface area contributed by atoms with Crippen LogP contribution >= 0.6 is 11.3 Å². The van der Waals surface area contributed by atoms with E-state index in [1.165, 1.54) is 0 Å². The Labute approximate surface area is 221 Å². The zero-order valence-electron chi connectivity index (χ0n) is 20.7. The van der Waals surface area contributed by atoms with Crippen LogP contribution in [0.3, 0.4) is 0 Å². The highest BCUT2D eigenvalue weighted by atomic mass is 32.1. The van der Waals surface area contributed by atoms with Gasteiger partial charge in [-0.3, -0.25) is 10.1 Å². The molecule has 8 nitrogen and oxygen atoms in total. The van der Waals surface area contributed by atoms with E-state index in [2.05, 4.69) is 20.9 Å². The minimum absolute atomic E-state index is 0.00881. The van der Waals surface area contributed by atoms with Gasteiger partial charge >= 0.3 is 6.03 Å². The highest BCUT2D eigenvalue weighted by Gasteiger charge is 2.21. The van der Waals surface area contributed by atoms with Gasteiger partial charge in [-0.2, -0.15) is 0 Å². The van der Waals surface area contributed by atoms with E-state index in [4.69, 9.17) is 10.5 Å². The molecule has 5 N–H and O–H groups in total. The summed E-state index contributed by atoms with van der Waals surface area (Å²) in [7, 11) is 0. The number of nitrogens with two attached hydrogens (primary N) is 1. The second kappa shape index (κ2) is 13.6. The first-order valence-electron chi connectivity index (χ1n) is 12.5. The molecule has 1 aliphatic rings. The molecule has 194 valence electrons. The number of ether oxygens (including phenoxy) is 1. The van der Waals surface area contributed by atoms with E-state index in [9.17, 15) is 9.59 Å². The van der Waals surface area contributed by atoms with Crippen molar-refractivity contribution >= 4 is 29.2 Å². The molecule has 9 heteroatoms. The van der Waals surface area contributed by atoms with Crippen molar-refractivity contribution in [2.24, 2.45) is 10.7 Å². The van der Waals surface area contributed by atoms with Crippen molar-refractivity contribution in [2.45, 2.75) is 44.4 Å². The van der Waals surface area contributed by atoms with Gasteiger partial charge < -0.3 is 21.1 Å². The second-order valence-electron chi connectivity index (χ2n) is 8.91. The number of nitrogens with one attached hydrogen (secondary N) is 3. The molecule has 0 radical (unpaired) electrons. The lowest BCUT2D eigenvalue weighted by molar-refractivity contribution is -0.122. The number of guanidine groups is 1. The van der Waals surface area contributed by atoms with E-state index in [-0.39, 0.29) is 23.9 Å². The zero-order chi connectivity index (χ0) is 25.9. The third-order valence-corrected chi connectivity index (χ3v) is 7.19. The number of aliphatic imine (C=N–C) groups is 1. The number of rotatable bonds is 10. The fourth-order valence-corrected chi connectivity index (χ4v) is 5.05. The van der Waals surface area contributed by atoms with Gasteiger partial charge in [0.05, 0.1) is 25.1 Å². The molecule has 0 aliphatic carbocycles. The van der Waals surface area contributed by atoms with Crippen molar-refractivity contribution in [2.75, 3.05) is 13.2 Å². The molecule has 0 spiro atoms. The van der Waals surface area contributed by atoms with Crippen LogP contribution < -0.4 is 21.7 Å². The summed E-state index contributed by atoms with van der Waals surface area (Å²) >= 11 is 1.55. The third-order valence-electron chi connectivity index (χ3n) is 6.12. The molecule has 37 heavy (non-hydrogen) atoms. The lowest BCUT2D eigenvalue weighted by Crippen LogP contribution is -2.45. The smallest absolute Gasteiger partial charge is 0.321 e. The van der Waals surface area contributed by atoms with Crippen LogP contribution in [0.25, 0.3) is 0 Å². The van der Waals surface area contributed by atoms with E-state index in [0.717, 1.165) is 40.3 Å². The second-order valence-corrected chi connectivity index (χ2v) is 10.2. The van der Waals surface area contributed by atoms with Crippen molar-refractivity contribution in [3.63, 3.8) is 0 Å². The van der Waals surface area contributed by atoms with Crippen LogP contribution in [0.2, 0.25) is 0 Å². The number of urea groups is 1. The lowest BCUT2D eigenvalue weighted by atomic mass is 9.91. The third kappa shape index (κ3) is 8.44. The molecule has 1 aliphatic heterocycles. The Balaban J connectivity index is 1.26. The predicted octanol–water partition coefficient (Wildman–Crippen LogP) is 3.68. The van der Waals surface area contributed by atoms with Gasteiger partial charge in [-0.1, -0.05) is 60.7 Å². The molecular formula is C28H33N5O3S. The number of carbonyl (C=O) groups is 2. The first-order chi connectivity index (χ1) is 18.1. The fraction of sp³-hybridized carbons (Fsp3) is 0.321. The average molecular weight is 520 g/mol. The Bertz CT molecular complexity index is 1180. The summed E-state index contributed by atoms with van der Waals surface area (Å²) in [4.78, 5) is 31.4. The summed E-state index contributed by atoms with van der Waals surface area (Å²) in [5.74, 6) is -0.227. The summed E-state index contributed by atoms with van der Waals surface area (Å²) in [5.41, 5.74) is 7.97. The Kier molecular flexibility index (Phi) is 9.67. The zero-order valence-corrected chi connectivity index (χ0v) is 21.5. The number of amides is 3. The number of hydrogen-bond donors (Lipinski definition) is 4. The predicted molar refractivity (Wildman–Crippen MR) is 146 cm³/mol. The van der Waals surface area contributed by atoms with Crippen molar-refractivity contribution in [1.29, 1.82) is 0 Å². The maximum Gasteiger partial charge on any atom is 0.321 e. The number of hydrogen-bond acceptors (Lipinski definition) is 5. The molecule has 1 saturated heterocycles. The molecule has 4 rings (SSSR count). The fourth-order valence-electron chi connectivity index (χ4n) is 4.17. The van der Waals surface area contributed by atoms with E-state index >= 15 is 0 Å². The molecule has 0 bridgehead atoms. The van der Waals surface area contributed by atoms with Crippen LogP contribution in [0.4, 0.5) is 4.79 Å². The summed E-state index contributed by atoms with van der Waals surface area (Å²) < 4.78 is 5.48. The van der Waals surface area contributed by atoms with Gasteiger partial charge in [-0.25, -0.2) is 9.79 Å². The first kappa shape index (κ1) is 26.4. The van der Waals surface area contributed by atoms with Crippen LogP contribution in [-0.4, -0.2) is 37.2 Å². The Morgan fingerprint density at radius 2 is 1.73 bits per heavy atom. The lowest BCUT2D eigenvalue weighted by Gasteiger charge is -2.17. The van der Waals surface area contributed by atoms with Gasteiger partial charge in [0.15, 0.2) is 5.96 Å². The summed E-state index contributed by atoms with van der Waals surface area (Å²) in [6.45, 7) is 1.97. The average Bonchev–Trinajstić information content (AvgIpc) is 3.61.